The molecule has 2 fully saturated rings. The Morgan fingerprint density at radius 3 is 2.18 bits per heavy atom. The highest BCUT2D eigenvalue weighted by molar-refractivity contribution is 6.05. The van der Waals surface area contributed by atoms with Crippen molar-refractivity contribution in [2.75, 3.05) is 11.9 Å². The van der Waals surface area contributed by atoms with Crippen molar-refractivity contribution < 1.29 is 14.4 Å². The number of nitrogens with one attached hydrogen (secondary N) is 1. The predicted octanol–water partition coefficient (Wildman–Crippen LogP) is 3.86. The number of anilines is 1. The fourth-order valence-electron chi connectivity index (χ4n) is 4.34. The van der Waals surface area contributed by atoms with Crippen LogP contribution in [-0.2, 0) is 14.4 Å². The van der Waals surface area contributed by atoms with E-state index in [1.54, 1.807) is 0 Å². The number of benzene rings is 2. The van der Waals surface area contributed by atoms with E-state index in [1.165, 1.54) is 4.90 Å². The maximum absolute atomic E-state index is 12.5. The van der Waals surface area contributed by atoms with Crippen molar-refractivity contribution in [1.82, 2.24) is 4.90 Å². The molecule has 0 aromatic heterocycles. The van der Waals surface area contributed by atoms with Crippen LogP contribution in [0, 0.1) is 11.8 Å². The highest BCUT2D eigenvalue weighted by Gasteiger charge is 2.47. The summed E-state index contributed by atoms with van der Waals surface area (Å²) < 4.78 is 0. The number of nitrogens with zero attached hydrogens (tertiary/aromatic N) is 1. The molecule has 1 aliphatic carbocycles. The normalized spacial score (nSPS) is 21.5. The second kappa shape index (κ2) is 7.97. The number of hydrogen-bond acceptors (Lipinski definition) is 3. The predicted molar refractivity (Wildman–Crippen MR) is 107 cm³/mol. The van der Waals surface area contributed by atoms with E-state index in [-0.39, 0.29) is 42.5 Å². The van der Waals surface area contributed by atoms with Gasteiger partial charge in [-0.2, -0.15) is 0 Å². The van der Waals surface area contributed by atoms with E-state index in [0.29, 0.717) is 0 Å². The molecule has 5 heteroatoms. The number of likely N-dealkylation sites (tertiary alicyclic amines) is 1. The maximum atomic E-state index is 12.5. The topological polar surface area (TPSA) is 66.5 Å². The molecule has 0 radical (unpaired) electrons. The molecule has 0 spiro atoms. The number of fused-ring (bicyclic) bond motifs is 1. The average Bonchev–Trinajstić information content (AvgIpc) is 2.98. The number of hydrogen-bond donors (Lipinski definition) is 1. The molecule has 0 bridgehead atoms. The second-order valence-corrected chi connectivity index (χ2v) is 7.54. The molecule has 3 amide bonds. The molecule has 2 atom stereocenters. The van der Waals surface area contributed by atoms with Crippen LogP contribution in [0.25, 0.3) is 11.1 Å². The fraction of sp³-hybridized carbons (Fsp3) is 0.348. The van der Waals surface area contributed by atoms with Crippen molar-refractivity contribution in [1.29, 1.82) is 0 Å². The van der Waals surface area contributed by atoms with Gasteiger partial charge in [0, 0.05) is 24.2 Å². The van der Waals surface area contributed by atoms with Crippen molar-refractivity contribution in [2.24, 2.45) is 11.8 Å². The van der Waals surface area contributed by atoms with Crippen molar-refractivity contribution in [2.45, 2.75) is 32.1 Å². The molecule has 144 valence electrons. The largest absolute Gasteiger partial charge is 0.325 e. The molecule has 1 heterocycles. The van der Waals surface area contributed by atoms with Gasteiger partial charge in [0.1, 0.15) is 0 Å². The summed E-state index contributed by atoms with van der Waals surface area (Å²) in [6, 6.07) is 17.5. The first-order valence-corrected chi connectivity index (χ1v) is 9.94. The number of amides is 3. The number of imide groups is 1. The lowest BCUT2D eigenvalue weighted by molar-refractivity contribution is -0.140. The van der Waals surface area contributed by atoms with Crippen LogP contribution in [0.3, 0.4) is 0 Å². The summed E-state index contributed by atoms with van der Waals surface area (Å²) in [6.45, 7) is 0.157. The van der Waals surface area contributed by atoms with Crippen LogP contribution < -0.4 is 5.32 Å². The molecule has 4 rings (SSSR count). The van der Waals surface area contributed by atoms with E-state index in [9.17, 15) is 14.4 Å². The molecular weight excluding hydrogens is 352 g/mol. The molecule has 28 heavy (non-hydrogen) atoms. The molecule has 0 unspecified atom stereocenters. The average molecular weight is 376 g/mol. The Bertz CT molecular complexity index is 870. The molecule has 1 N–H and O–H groups in total. The van der Waals surface area contributed by atoms with Gasteiger partial charge in [0.05, 0.1) is 11.8 Å². The van der Waals surface area contributed by atoms with Gasteiger partial charge in [-0.15, -0.1) is 0 Å². The monoisotopic (exact) mass is 376 g/mol. The summed E-state index contributed by atoms with van der Waals surface area (Å²) in [5.74, 6) is -0.704. The van der Waals surface area contributed by atoms with E-state index in [1.807, 2.05) is 54.6 Å². The SMILES string of the molecule is O=C(CCN1C(=O)[C@@H]2CCCC[C@H]2C1=O)Nc1ccccc1-c1ccccc1. The van der Waals surface area contributed by atoms with Gasteiger partial charge in [-0.1, -0.05) is 61.4 Å². The smallest absolute Gasteiger partial charge is 0.233 e. The van der Waals surface area contributed by atoms with Gasteiger partial charge in [-0.25, -0.2) is 0 Å². The second-order valence-electron chi connectivity index (χ2n) is 7.54. The van der Waals surface area contributed by atoms with Gasteiger partial charge in [0.15, 0.2) is 0 Å². The van der Waals surface area contributed by atoms with Crippen molar-refractivity contribution in [3.63, 3.8) is 0 Å². The standard InChI is InChI=1S/C23H24N2O3/c26-21(14-15-25-22(27)18-11-4-5-12-19(18)23(25)28)24-20-13-7-6-10-17(20)16-8-2-1-3-9-16/h1-3,6-10,13,18-19H,4-5,11-12,14-15H2,(H,24,26)/t18-,19-/m1/s1. The summed E-state index contributed by atoms with van der Waals surface area (Å²) in [5, 5.41) is 2.94. The highest BCUT2D eigenvalue weighted by atomic mass is 16.2. The van der Waals surface area contributed by atoms with Crippen LogP contribution in [0.1, 0.15) is 32.1 Å². The third kappa shape index (κ3) is 3.57. The minimum absolute atomic E-state index is 0.0906. The fourth-order valence-corrected chi connectivity index (χ4v) is 4.34. The molecular formula is C23H24N2O3. The third-order valence-electron chi connectivity index (χ3n) is 5.78. The Morgan fingerprint density at radius 1 is 0.893 bits per heavy atom. The van der Waals surface area contributed by atoms with Crippen molar-refractivity contribution in [3.8, 4) is 11.1 Å². The molecule has 1 saturated heterocycles. The summed E-state index contributed by atoms with van der Waals surface area (Å²) in [6.07, 6.45) is 3.71. The third-order valence-corrected chi connectivity index (χ3v) is 5.78. The Balaban J connectivity index is 1.41. The maximum Gasteiger partial charge on any atom is 0.233 e. The van der Waals surface area contributed by atoms with E-state index in [2.05, 4.69) is 5.32 Å². The van der Waals surface area contributed by atoms with Crippen LogP contribution in [0.4, 0.5) is 5.69 Å². The van der Waals surface area contributed by atoms with E-state index < -0.39 is 0 Å². The van der Waals surface area contributed by atoms with Gasteiger partial charge in [0.25, 0.3) is 0 Å². The lowest BCUT2D eigenvalue weighted by Gasteiger charge is -2.19. The van der Waals surface area contributed by atoms with E-state index in [0.717, 1.165) is 42.5 Å². The van der Waals surface area contributed by atoms with Crippen LogP contribution in [-0.4, -0.2) is 29.2 Å². The molecule has 2 aliphatic rings. The highest BCUT2D eigenvalue weighted by Crippen LogP contribution is 2.38. The zero-order chi connectivity index (χ0) is 19.5. The molecule has 1 aliphatic heterocycles. The first-order valence-electron chi connectivity index (χ1n) is 9.94. The first-order chi connectivity index (χ1) is 13.6. The Hall–Kier alpha value is -2.95. The minimum atomic E-state index is -0.196. The van der Waals surface area contributed by atoms with Gasteiger partial charge >= 0.3 is 0 Å². The molecule has 2 aromatic rings. The molecule has 2 aromatic carbocycles. The van der Waals surface area contributed by atoms with Crippen molar-refractivity contribution in [3.05, 3.63) is 54.6 Å². The Kier molecular flexibility index (Phi) is 5.24. The Morgan fingerprint density at radius 2 is 1.50 bits per heavy atom. The zero-order valence-corrected chi connectivity index (χ0v) is 15.8. The van der Waals surface area contributed by atoms with Crippen LogP contribution in [0.5, 0.6) is 0 Å². The Labute approximate surface area is 164 Å². The van der Waals surface area contributed by atoms with E-state index >= 15 is 0 Å². The lowest BCUT2D eigenvalue weighted by Crippen LogP contribution is -2.34. The quantitative estimate of drug-likeness (QED) is 0.806. The lowest BCUT2D eigenvalue weighted by atomic mass is 9.81. The molecule has 5 nitrogen and oxygen atoms in total. The van der Waals surface area contributed by atoms with Crippen LogP contribution in [0.15, 0.2) is 54.6 Å². The number of carbonyl (C=O) groups is 3. The number of carbonyl (C=O) groups excluding carboxylic acids is 3. The van der Waals surface area contributed by atoms with Crippen LogP contribution in [0.2, 0.25) is 0 Å². The number of para-hydroxylation sites is 1. The zero-order valence-electron chi connectivity index (χ0n) is 15.8. The van der Waals surface area contributed by atoms with Crippen molar-refractivity contribution >= 4 is 23.4 Å². The molecule has 1 saturated carbocycles. The number of rotatable bonds is 5. The van der Waals surface area contributed by atoms with Crippen LogP contribution >= 0.6 is 0 Å². The van der Waals surface area contributed by atoms with Gasteiger partial charge in [-0.3, -0.25) is 19.3 Å². The first kappa shape index (κ1) is 18.4. The summed E-state index contributed by atoms with van der Waals surface area (Å²) >= 11 is 0. The van der Waals surface area contributed by atoms with Gasteiger partial charge in [0.2, 0.25) is 17.7 Å². The summed E-state index contributed by atoms with van der Waals surface area (Å²) in [5.41, 5.74) is 2.69. The summed E-state index contributed by atoms with van der Waals surface area (Å²) in [4.78, 5) is 38.9. The van der Waals surface area contributed by atoms with Gasteiger partial charge < -0.3 is 5.32 Å². The summed E-state index contributed by atoms with van der Waals surface area (Å²) in [7, 11) is 0. The van der Waals surface area contributed by atoms with E-state index in [4.69, 9.17) is 0 Å². The van der Waals surface area contributed by atoms with Gasteiger partial charge in [-0.05, 0) is 24.5 Å². The minimum Gasteiger partial charge on any atom is -0.325 e.